The molecule has 1 N–H and O–H groups in total. The van der Waals surface area contributed by atoms with Gasteiger partial charge in [-0.25, -0.2) is 0 Å². The van der Waals surface area contributed by atoms with Gasteiger partial charge in [0.1, 0.15) is 6.04 Å². The molecule has 0 spiro atoms. The maximum Gasteiger partial charge on any atom is 0.243 e. The highest BCUT2D eigenvalue weighted by atomic mass is 35.5. The number of halogens is 2. The Kier molecular flexibility index (Phi) is 10.5. The monoisotopic (exact) mass is 528 g/mol. The Morgan fingerprint density at radius 1 is 0.857 bits per heavy atom. The third-order valence-corrected chi connectivity index (χ3v) is 7.15. The molecule has 0 saturated carbocycles. The molecule has 3 aromatic carbocycles. The van der Waals surface area contributed by atoms with Gasteiger partial charge in [0.2, 0.25) is 11.8 Å². The first-order valence-corrected chi connectivity index (χ1v) is 13.4. The van der Waals surface area contributed by atoms with Crippen LogP contribution < -0.4 is 5.32 Å². The first-order valence-electron chi connectivity index (χ1n) is 11.5. The van der Waals surface area contributed by atoms with E-state index in [2.05, 4.69) is 5.32 Å². The molecular weight excluding hydrogens is 499 g/mol. The molecule has 0 unspecified atom stereocenters. The first-order chi connectivity index (χ1) is 16.8. The molecule has 0 fully saturated rings. The topological polar surface area (TPSA) is 49.4 Å². The van der Waals surface area contributed by atoms with Crippen molar-refractivity contribution in [1.29, 1.82) is 0 Å². The Bertz CT molecular complexity index is 1120. The fourth-order valence-corrected chi connectivity index (χ4v) is 5.08. The fraction of sp³-hybridized carbons (Fsp3) is 0.286. The highest BCUT2D eigenvalue weighted by Crippen LogP contribution is 2.24. The standard InChI is InChI=1S/C28H30Cl2N2O2S/c1-20(2)31-28(34)26(16-21-10-4-3-5-11-21)32(17-22-12-6-8-14-24(22)29)27(33)19-35-18-23-13-7-9-15-25(23)30/h3-15,20,26H,16-19H2,1-2H3,(H,31,34)/t26-/m0/s1. The summed E-state index contributed by atoms with van der Waals surface area (Å²) in [5, 5.41) is 4.24. The summed E-state index contributed by atoms with van der Waals surface area (Å²) < 4.78 is 0. The van der Waals surface area contributed by atoms with E-state index in [1.807, 2.05) is 86.6 Å². The second-order valence-corrected chi connectivity index (χ2v) is 10.4. The molecule has 0 aliphatic carbocycles. The Balaban J connectivity index is 1.86. The molecule has 3 rings (SSSR count). The lowest BCUT2D eigenvalue weighted by Crippen LogP contribution is -2.52. The quantitative estimate of drug-likeness (QED) is 0.313. The number of benzene rings is 3. The van der Waals surface area contributed by atoms with Gasteiger partial charge in [-0.3, -0.25) is 9.59 Å². The van der Waals surface area contributed by atoms with E-state index in [0.717, 1.165) is 16.7 Å². The molecule has 2 amide bonds. The van der Waals surface area contributed by atoms with E-state index >= 15 is 0 Å². The molecule has 0 radical (unpaired) electrons. The lowest BCUT2D eigenvalue weighted by Gasteiger charge is -2.32. The number of hydrogen-bond donors (Lipinski definition) is 1. The van der Waals surface area contributed by atoms with Crippen molar-refractivity contribution in [2.24, 2.45) is 0 Å². The molecule has 1 atom stereocenters. The summed E-state index contributed by atoms with van der Waals surface area (Å²) in [4.78, 5) is 28.6. The number of thioether (sulfide) groups is 1. The highest BCUT2D eigenvalue weighted by molar-refractivity contribution is 7.99. The number of nitrogens with one attached hydrogen (secondary N) is 1. The molecule has 7 heteroatoms. The van der Waals surface area contributed by atoms with E-state index in [-0.39, 0.29) is 30.2 Å². The van der Waals surface area contributed by atoms with Crippen LogP contribution in [0.1, 0.15) is 30.5 Å². The molecule has 4 nitrogen and oxygen atoms in total. The molecule has 184 valence electrons. The van der Waals surface area contributed by atoms with E-state index in [9.17, 15) is 9.59 Å². The predicted octanol–water partition coefficient (Wildman–Crippen LogP) is 6.39. The highest BCUT2D eigenvalue weighted by Gasteiger charge is 2.31. The van der Waals surface area contributed by atoms with Crippen LogP contribution in [0.25, 0.3) is 0 Å². The average molecular weight is 530 g/mol. The normalized spacial score (nSPS) is 11.8. The van der Waals surface area contributed by atoms with E-state index in [1.54, 1.807) is 11.0 Å². The van der Waals surface area contributed by atoms with Crippen LogP contribution in [0.2, 0.25) is 10.0 Å². The summed E-state index contributed by atoms with van der Waals surface area (Å²) in [6, 6.07) is 24.1. The van der Waals surface area contributed by atoms with Crippen LogP contribution >= 0.6 is 35.0 Å². The SMILES string of the molecule is CC(C)NC(=O)[C@H](Cc1ccccc1)N(Cc1ccccc1Cl)C(=O)CSCc1ccccc1Cl. The van der Waals surface area contributed by atoms with Crippen molar-refractivity contribution in [3.63, 3.8) is 0 Å². The van der Waals surface area contributed by atoms with E-state index in [1.165, 1.54) is 11.8 Å². The van der Waals surface area contributed by atoms with Gasteiger partial charge >= 0.3 is 0 Å². The molecular formula is C28H30Cl2N2O2S. The maximum absolute atomic E-state index is 13.6. The van der Waals surface area contributed by atoms with Gasteiger partial charge in [0.25, 0.3) is 0 Å². The van der Waals surface area contributed by atoms with Crippen LogP contribution in [0.4, 0.5) is 0 Å². The summed E-state index contributed by atoms with van der Waals surface area (Å²) in [7, 11) is 0. The van der Waals surface area contributed by atoms with Gasteiger partial charge in [0.05, 0.1) is 5.75 Å². The fourth-order valence-electron chi connectivity index (χ4n) is 3.69. The van der Waals surface area contributed by atoms with Gasteiger partial charge in [-0.2, -0.15) is 0 Å². The van der Waals surface area contributed by atoms with Crippen molar-refractivity contribution < 1.29 is 9.59 Å². The largest absolute Gasteiger partial charge is 0.352 e. The second-order valence-electron chi connectivity index (χ2n) is 8.57. The van der Waals surface area contributed by atoms with Gasteiger partial charge < -0.3 is 10.2 Å². The molecule has 0 aliphatic rings. The van der Waals surface area contributed by atoms with Crippen LogP contribution in [0.15, 0.2) is 78.9 Å². The molecule has 0 aliphatic heterocycles. The predicted molar refractivity (Wildman–Crippen MR) is 147 cm³/mol. The molecule has 0 heterocycles. The lowest BCUT2D eigenvalue weighted by molar-refractivity contribution is -0.139. The Morgan fingerprint density at radius 3 is 2.03 bits per heavy atom. The third kappa shape index (κ3) is 8.31. The zero-order chi connectivity index (χ0) is 25.2. The summed E-state index contributed by atoms with van der Waals surface area (Å²) >= 11 is 14.2. The lowest BCUT2D eigenvalue weighted by atomic mass is 10.0. The first kappa shape index (κ1) is 27.1. The van der Waals surface area contributed by atoms with Crippen molar-refractivity contribution in [2.75, 3.05) is 5.75 Å². The second kappa shape index (κ2) is 13.6. The number of carbonyl (C=O) groups is 2. The Hall–Kier alpha value is -2.47. The number of hydrogen-bond acceptors (Lipinski definition) is 3. The zero-order valence-corrected chi connectivity index (χ0v) is 22.2. The van der Waals surface area contributed by atoms with Gasteiger partial charge in [0, 0.05) is 34.8 Å². The van der Waals surface area contributed by atoms with Crippen molar-refractivity contribution in [3.8, 4) is 0 Å². The third-order valence-electron chi connectivity index (χ3n) is 5.44. The minimum absolute atomic E-state index is 0.0485. The van der Waals surface area contributed by atoms with Crippen LogP contribution in [-0.2, 0) is 28.3 Å². The van der Waals surface area contributed by atoms with Crippen molar-refractivity contribution >= 4 is 46.8 Å². The minimum Gasteiger partial charge on any atom is -0.352 e. The number of nitrogens with zero attached hydrogens (tertiary/aromatic N) is 1. The summed E-state index contributed by atoms with van der Waals surface area (Å²) in [6.07, 6.45) is 0.408. The Morgan fingerprint density at radius 2 is 1.43 bits per heavy atom. The van der Waals surface area contributed by atoms with Gasteiger partial charge in [-0.1, -0.05) is 89.9 Å². The number of carbonyl (C=O) groups excluding carboxylic acids is 2. The minimum atomic E-state index is -0.676. The smallest absolute Gasteiger partial charge is 0.243 e. The molecule has 0 bridgehead atoms. The molecule has 0 aromatic heterocycles. The van der Waals surface area contributed by atoms with E-state index in [0.29, 0.717) is 22.2 Å². The summed E-state index contributed by atoms with van der Waals surface area (Å²) in [5.74, 6) is 0.519. The Labute approximate surface area is 222 Å². The van der Waals surface area contributed by atoms with Crippen molar-refractivity contribution in [2.45, 2.75) is 44.6 Å². The van der Waals surface area contributed by atoms with Crippen molar-refractivity contribution in [3.05, 3.63) is 106 Å². The van der Waals surface area contributed by atoms with Crippen LogP contribution in [0, 0.1) is 0 Å². The molecule has 3 aromatic rings. The zero-order valence-electron chi connectivity index (χ0n) is 19.9. The summed E-state index contributed by atoms with van der Waals surface area (Å²) in [6.45, 7) is 4.07. The van der Waals surface area contributed by atoms with Crippen LogP contribution in [0.5, 0.6) is 0 Å². The molecule has 35 heavy (non-hydrogen) atoms. The summed E-state index contributed by atoms with van der Waals surface area (Å²) in [5.41, 5.74) is 2.76. The van der Waals surface area contributed by atoms with Gasteiger partial charge in [-0.15, -0.1) is 11.8 Å². The van der Waals surface area contributed by atoms with E-state index in [4.69, 9.17) is 23.2 Å². The molecule has 0 saturated heterocycles. The number of amides is 2. The van der Waals surface area contributed by atoms with Crippen molar-refractivity contribution in [1.82, 2.24) is 10.2 Å². The average Bonchev–Trinajstić information content (AvgIpc) is 2.83. The van der Waals surface area contributed by atoms with Crippen LogP contribution in [-0.4, -0.2) is 34.6 Å². The van der Waals surface area contributed by atoms with Crippen LogP contribution in [0.3, 0.4) is 0 Å². The van der Waals surface area contributed by atoms with E-state index < -0.39 is 6.04 Å². The number of rotatable bonds is 11. The maximum atomic E-state index is 13.6. The van der Waals surface area contributed by atoms with Gasteiger partial charge in [-0.05, 0) is 42.7 Å². The van der Waals surface area contributed by atoms with Gasteiger partial charge in [0.15, 0.2) is 0 Å².